The van der Waals surface area contributed by atoms with Crippen LogP contribution in [0.4, 0.5) is 0 Å². The highest BCUT2D eigenvalue weighted by Gasteiger charge is 2.14. The maximum absolute atomic E-state index is 11.5. The molecule has 0 N–H and O–H groups in total. The largest absolute Gasteiger partial charge is 0.493 e. The van der Waals surface area contributed by atoms with Crippen LogP contribution in [-0.4, -0.2) is 12.4 Å². The Labute approximate surface area is 104 Å². The van der Waals surface area contributed by atoms with Gasteiger partial charge in [-0.1, -0.05) is 6.92 Å². The van der Waals surface area contributed by atoms with Gasteiger partial charge < -0.3 is 4.74 Å². The van der Waals surface area contributed by atoms with E-state index in [4.69, 9.17) is 4.74 Å². The van der Waals surface area contributed by atoms with Gasteiger partial charge in [-0.2, -0.15) is 0 Å². The molecule has 0 saturated carbocycles. The zero-order valence-electron chi connectivity index (χ0n) is 9.26. The van der Waals surface area contributed by atoms with Gasteiger partial charge in [0.1, 0.15) is 5.75 Å². The van der Waals surface area contributed by atoms with E-state index in [-0.39, 0.29) is 5.78 Å². The Hall–Kier alpha value is -0.580. The second kappa shape index (κ2) is 5.49. The van der Waals surface area contributed by atoms with Crippen LogP contribution in [0.3, 0.4) is 0 Å². The van der Waals surface area contributed by atoms with Crippen molar-refractivity contribution in [2.24, 2.45) is 0 Å². The molecule has 2 nitrogen and oxygen atoms in total. The van der Waals surface area contributed by atoms with E-state index in [2.05, 4.69) is 22.6 Å². The SMILES string of the molecule is CCOc1cc(I)cc(CC)c1C(C)=O. The summed E-state index contributed by atoms with van der Waals surface area (Å²) in [5.41, 5.74) is 1.80. The molecule has 1 aromatic rings. The second-order valence-electron chi connectivity index (χ2n) is 3.28. The molecular formula is C12H15IO2. The fraction of sp³-hybridized carbons (Fsp3) is 0.417. The number of rotatable bonds is 4. The predicted molar refractivity (Wildman–Crippen MR) is 69.7 cm³/mol. The molecule has 0 heterocycles. The van der Waals surface area contributed by atoms with Gasteiger partial charge in [0.25, 0.3) is 0 Å². The Balaban J connectivity index is 3.33. The highest BCUT2D eigenvalue weighted by molar-refractivity contribution is 14.1. The first kappa shape index (κ1) is 12.5. The third-order valence-electron chi connectivity index (χ3n) is 2.18. The summed E-state index contributed by atoms with van der Waals surface area (Å²) in [4.78, 5) is 11.5. The van der Waals surface area contributed by atoms with Crippen LogP contribution >= 0.6 is 22.6 Å². The topological polar surface area (TPSA) is 26.3 Å². The van der Waals surface area contributed by atoms with Crippen molar-refractivity contribution in [3.05, 3.63) is 26.8 Å². The molecule has 0 spiro atoms. The number of hydrogen-bond acceptors (Lipinski definition) is 2. The van der Waals surface area contributed by atoms with E-state index in [9.17, 15) is 4.79 Å². The van der Waals surface area contributed by atoms with E-state index >= 15 is 0 Å². The summed E-state index contributed by atoms with van der Waals surface area (Å²) in [5, 5.41) is 0. The minimum Gasteiger partial charge on any atom is -0.493 e. The number of carbonyl (C=O) groups is 1. The fourth-order valence-corrected chi connectivity index (χ4v) is 2.24. The van der Waals surface area contributed by atoms with E-state index in [1.165, 1.54) is 0 Å². The normalized spacial score (nSPS) is 10.1. The van der Waals surface area contributed by atoms with Gasteiger partial charge >= 0.3 is 0 Å². The quantitative estimate of drug-likeness (QED) is 0.628. The van der Waals surface area contributed by atoms with Crippen molar-refractivity contribution in [2.75, 3.05) is 6.61 Å². The molecule has 0 radical (unpaired) electrons. The molecular weight excluding hydrogens is 303 g/mol. The monoisotopic (exact) mass is 318 g/mol. The maximum atomic E-state index is 11.5. The van der Waals surface area contributed by atoms with Crippen LogP contribution < -0.4 is 4.74 Å². The summed E-state index contributed by atoms with van der Waals surface area (Å²) < 4.78 is 6.61. The second-order valence-corrected chi connectivity index (χ2v) is 4.53. The Morgan fingerprint density at radius 3 is 2.53 bits per heavy atom. The Morgan fingerprint density at radius 1 is 1.40 bits per heavy atom. The van der Waals surface area contributed by atoms with Crippen LogP contribution in [0.5, 0.6) is 5.75 Å². The predicted octanol–water partition coefficient (Wildman–Crippen LogP) is 3.45. The Bertz CT molecular complexity index is 372. The fourth-order valence-electron chi connectivity index (χ4n) is 1.58. The lowest BCUT2D eigenvalue weighted by molar-refractivity contribution is 0.101. The lowest BCUT2D eigenvalue weighted by atomic mass is 10.0. The molecule has 0 aliphatic heterocycles. The van der Waals surface area contributed by atoms with E-state index in [0.717, 1.165) is 21.1 Å². The van der Waals surface area contributed by atoms with Gasteiger partial charge in [-0.3, -0.25) is 4.79 Å². The molecule has 0 aliphatic carbocycles. The van der Waals surface area contributed by atoms with E-state index < -0.39 is 0 Å². The molecule has 0 atom stereocenters. The molecule has 1 rings (SSSR count). The number of halogens is 1. The highest BCUT2D eigenvalue weighted by Crippen LogP contribution is 2.27. The van der Waals surface area contributed by atoms with Gasteiger partial charge in [0, 0.05) is 3.57 Å². The first-order valence-electron chi connectivity index (χ1n) is 5.06. The Kier molecular flexibility index (Phi) is 4.57. The number of aryl methyl sites for hydroxylation is 1. The van der Waals surface area contributed by atoms with E-state index in [0.29, 0.717) is 12.4 Å². The Morgan fingerprint density at radius 2 is 2.07 bits per heavy atom. The molecule has 0 bridgehead atoms. The lowest BCUT2D eigenvalue weighted by Crippen LogP contribution is -2.05. The summed E-state index contributed by atoms with van der Waals surface area (Å²) in [5.74, 6) is 0.792. The molecule has 0 aromatic heterocycles. The van der Waals surface area contributed by atoms with Crippen LogP contribution in [0.1, 0.15) is 36.7 Å². The molecule has 0 aliphatic rings. The van der Waals surface area contributed by atoms with Crippen molar-refractivity contribution in [1.29, 1.82) is 0 Å². The molecule has 0 fully saturated rings. The molecule has 82 valence electrons. The van der Waals surface area contributed by atoms with Crippen LogP contribution in [0.2, 0.25) is 0 Å². The molecule has 0 unspecified atom stereocenters. The zero-order chi connectivity index (χ0) is 11.4. The summed E-state index contributed by atoms with van der Waals surface area (Å²) in [6.45, 7) is 6.15. The standard InChI is InChI=1S/C12H15IO2/c1-4-9-6-10(13)7-11(15-5-2)12(9)8(3)14/h6-7H,4-5H2,1-3H3. The van der Waals surface area contributed by atoms with E-state index in [1.54, 1.807) is 6.92 Å². The van der Waals surface area contributed by atoms with Crippen LogP contribution in [0.25, 0.3) is 0 Å². The highest BCUT2D eigenvalue weighted by atomic mass is 127. The van der Waals surface area contributed by atoms with Gasteiger partial charge in [-0.25, -0.2) is 0 Å². The average Bonchev–Trinajstić information content (AvgIpc) is 2.16. The molecule has 0 amide bonds. The summed E-state index contributed by atoms with van der Waals surface area (Å²) >= 11 is 2.24. The summed E-state index contributed by atoms with van der Waals surface area (Å²) in [6.07, 6.45) is 0.853. The van der Waals surface area contributed by atoms with Crippen molar-refractivity contribution in [3.8, 4) is 5.75 Å². The average molecular weight is 318 g/mol. The van der Waals surface area contributed by atoms with Crippen LogP contribution in [-0.2, 0) is 6.42 Å². The lowest BCUT2D eigenvalue weighted by Gasteiger charge is -2.12. The van der Waals surface area contributed by atoms with Gasteiger partial charge in [0.15, 0.2) is 5.78 Å². The number of ketones is 1. The number of ether oxygens (including phenoxy) is 1. The van der Waals surface area contributed by atoms with Crippen molar-refractivity contribution in [1.82, 2.24) is 0 Å². The molecule has 0 saturated heterocycles. The minimum atomic E-state index is 0.0756. The van der Waals surface area contributed by atoms with Crippen molar-refractivity contribution < 1.29 is 9.53 Å². The first-order chi connectivity index (χ1) is 7.10. The third-order valence-corrected chi connectivity index (χ3v) is 2.80. The van der Waals surface area contributed by atoms with E-state index in [1.807, 2.05) is 26.0 Å². The minimum absolute atomic E-state index is 0.0756. The van der Waals surface area contributed by atoms with Gasteiger partial charge in [0.2, 0.25) is 0 Å². The van der Waals surface area contributed by atoms with Crippen LogP contribution in [0, 0.1) is 3.57 Å². The maximum Gasteiger partial charge on any atom is 0.163 e. The third kappa shape index (κ3) is 2.93. The molecule has 15 heavy (non-hydrogen) atoms. The molecule has 1 aromatic carbocycles. The van der Waals surface area contributed by atoms with Gasteiger partial charge in [0.05, 0.1) is 12.2 Å². The summed E-state index contributed by atoms with van der Waals surface area (Å²) in [6, 6.07) is 3.96. The van der Waals surface area contributed by atoms with Gasteiger partial charge in [-0.15, -0.1) is 0 Å². The summed E-state index contributed by atoms with van der Waals surface area (Å²) in [7, 11) is 0. The van der Waals surface area contributed by atoms with Crippen molar-refractivity contribution in [3.63, 3.8) is 0 Å². The number of benzene rings is 1. The smallest absolute Gasteiger partial charge is 0.163 e. The first-order valence-corrected chi connectivity index (χ1v) is 6.14. The van der Waals surface area contributed by atoms with Crippen LogP contribution in [0.15, 0.2) is 12.1 Å². The van der Waals surface area contributed by atoms with Crippen molar-refractivity contribution >= 4 is 28.4 Å². The van der Waals surface area contributed by atoms with Gasteiger partial charge in [-0.05, 0) is 60.6 Å². The number of hydrogen-bond donors (Lipinski definition) is 0. The van der Waals surface area contributed by atoms with Crippen molar-refractivity contribution in [2.45, 2.75) is 27.2 Å². The number of Topliss-reactive ketones (excluding diaryl/α,β-unsaturated/α-hetero) is 1. The zero-order valence-corrected chi connectivity index (χ0v) is 11.4. The number of carbonyl (C=O) groups excluding carboxylic acids is 1. The molecule has 3 heteroatoms.